The first-order valence-electron chi connectivity index (χ1n) is 11.9. The number of nitrogens with zero attached hydrogens (tertiary/aromatic N) is 2. The van der Waals surface area contributed by atoms with Crippen molar-refractivity contribution in [2.45, 2.75) is 52.1 Å². The van der Waals surface area contributed by atoms with Crippen LogP contribution in [0.25, 0.3) is 11.0 Å². The Balaban J connectivity index is 1.82. The summed E-state index contributed by atoms with van der Waals surface area (Å²) in [4.78, 5) is 12.0. The van der Waals surface area contributed by atoms with Crippen LogP contribution in [-0.2, 0) is 11.2 Å². The molecule has 0 aliphatic carbocycles. The molecule has 1 aromatic heterocycles. The van der Waals surface area contributed by atoms with Gasteiger partial charge < -0.3 is 14.2 Å². The first-order valence-corrected chi connectivity index (χ1v) is 11.9. The summed E-state index contributed by atoms with van der Waals surface area (Å²) in [5.74, 6) is -0.169. The molecule has 2 N–H and O–H groups in total. The van der Waals surface area contributed by atoms with Crippen molar-refractivity contribution < 1.29 is 9.90 Å². The normalized spacial score (nSPS) is 13.2. The van der Waals surface area contributed by atoms with Crippen molar-refractivity contribution in [1.82, 2.24) is 9.13 Å². The molecule has 5 heteroatoms. The van der Waals surface area contributed by atoms with Gasteiger partial charge in [0.2, 0.25) is 5.62 Å². The summed E-state index contributed by atoms with van der Waals surface area (Å²) in [6.45, 7) is 5.83. The maximum absolute atomic E-state index is 12.0. The number of aromatic nitrogens is 2. The van der Waals surface area contributed by atoms with E-state index >= 15 is 0 Å². The molecular weight excluding hydrogens is 422 g/mol. The second-order valence-corrected chi connectivity index (χ2v) is 9.22. The van der Waals surface area contributed by atoms with Gasteiger partial charge in [-0.15, -0.1) is 0 Å². The third-order valence-corrected chi connectivity index (χ3v) is 6.69. The van der Waals surface area contributed by atoms with Gasteiger partial charge in [-0.3, -0.25) is 10.2 Å². The molecule has 0 saturated carbocycles. The molecule has 1 heterocycles. The average Bonchev–Trinajstić information content (AvgIpc) is 3.14. The zero-order chi connectivity index (χ0) is 24.2. The summed E-state index contributed by atoms with van der Waals surface area (Å²) in [6.07, 6.45) is 1.56. The molecule has 176 valence electrons. The number of benzene rings is 3. The highest BCUT2D eigenvalue weighted by Gasteiger charge is 2.22. The fourth-order valence-corrected chi connectivity index (χ4v) is 4.70. The first kappa shape index (κ1) is 23.7. The molecular formula is C29H33N3O2. The van der Waals surface area contributed by atoms with Crippen molar-refractivity contribution in [2.24, 2.45) is 0 Å². The second-order valence-electron chi connectivity index (χ2n) is 9.22. The highest BCUT2D eigenvalue weighted by atomic mass is 16.3. The van der Waals surface area contributed by atoms with Crippen LogP contribution in [0.3, 0.4) is 0 Å². The summed E-state index contributed by atoms with van der Waals surface area (Å²) in [7, 11) is 0. The largest absolute Gasteiger partial charge is 0.389 e. The molecule has 4 rings (SSSR count). The first-order chi connectivity index (χ1) is 16.4. The third-order valence-electron chi connectivity index (χ3n) is 6.69. The minimum absolute atomic E-state index is 0.0154. The Labute approximate surface area is 200 Å². The number of ketones is 1. The quantitative estimate of drug-likeness (QED) is 0.361. The number of nitrogens with one attached hydrogen (secondary N) is 1. The molecule has 0 fully saturated rings. The van der Waals surface area contributed by atoms with E-state index in [4.69, 9.17) is 0 Å². The molecule has 0 saturated heterocycles. The smallest absolute Gasteiger partial charge is 0.203 e. The molecule has 0 aliphatic heterocycles. The van der Waals surface area contributed by atoms with E-state index in [1.54, 1.807) is 0 Å². The van der Waals surface area contributed by atoms with Crippen molar-refractivity contribution in [3.8, 4) is 0 Å². The van der Waals surface area contributed by atoms with E-state index in [9.17, 15) is 15.3 Å². The molecule has 0 bridgehead atoms. The van der Waals surface area contributed by atoms with Gasteiger partial charge >= 0.3 is 0 Å². The van der Waals surface area contributed by atoms with Gasteiger partial charge in [0.1, 0.15) is 6.61 Å². The van der Waals surface area contributed by atoms with Crippen LogP contribution >= 0.6 is 0 Å². The summed E-state index contributed by atoms with van der Waals surface area (Å²) in [5, 5.41) is 18.5. The zero-order valence-corrected chi connectivity index (χ0v) is 20.2. The van der Waals surface area contributed by atoms with E-state index in [0.29, 0.717) is 18.5 Å². The molecule has 4 aromatic rings. The summed E-state index contributed by atoms with van der Waals surface area (Å²) >= 11 is 0. The van der Waals surface area contributed by atoms with Crippen LogP contribution in [-0.4, -0.2) is 26.6 Å². The number of carbonyl (C=O) groups excluding carboxylic acids is 1. The van der Waals surface area contributed by atoms with E-state index in [2.05, 4.69) is 90.6 Å². The number of imidazole rings is 1. The van der Waals surface area contributed by atoms with E-state index in [0.717, 1.165) is 16.6 Å². The number of aliphatic hydroxyl groups excluding tert-OH is 1. The highest BCUT2D eigenvalue weighted by molar-refractivity contribution is 5.79. The van der Waals surface area contributed by atoms with Gasteiger partial charge in [-0.25, -0.2) is 0 Å². The van der Waals surface area contributed by atoms with Crippen molar-refractivity contribution >= 4 is 16.8 Å². The number of hydrogen-bond donors (Lipinski definition) is 2. The number of carbonyl (C=O) groups is 1. The molecule has 3 aromatic carbocycles. The predicted molar refractivity (Wildman–Crippen MR) is 136 cm³/mol. The lowest BCUT2D eigenvalue weighted by molar-refractivity contribution is -0.122. The van der Waals surface area contributed by atoms with Crippen LogP contribution in [0, 0.1) is 19.3 Å². The number of aliphatic hydroxyl groups is 1. The van der Waals surface area contributed by atoms with Crippen LogP contribution in [0.15, 0.2) is 72.8 Å². The van der Waals surface area contributed by atoms with Crippen LogP contribution in [0.4, 0.5) is 0 Å². The minimum atomic E-state index is -0.443. The van der Waals surface area contributed by atoms with Gasteiger partial charge in [-0.2, -0.15) is 0 Å². The Morgan fingerprint density at radius 1 is 0.882 bits per heavy atom. The zero-order valence-electron chi connectivity index (χ0n) is 20.2. The summed E-state index contributed by atoms with van der Waals surface area (Å²) < 4.78 is 4.15. The monoisotopic (exact) mass is 455 g/mol. The minimum Gasteiger partial charge on any atom is -0.389 e. The van der Waals surface area contributed by atoms with Gasteiger partial charge in [0.15, 0.2) is 5.78 Å². The van der Waals surface area contributed by atoms with E-state index < -0.39 is 6.61 Å². The summed E-state index contributed by atoms with van der Waals surface area (Å²) in [6, 6.07) is 24.9. The van der Waals surface area contributed by atoms with Crippen LogP contribution < -0.4 is 5.62 Å². The molecule has 34 heavy (non-hydrogen) atoms. The molecule has 0 spiro atoms. The van der Waals surface area contributed by atoms with Gasteiger partial charge in [0, 0.05) is 12.5 Å². The number of fused-ring (bicyclic) bond motifs is 1. The summed E-state index contributed by atoms with van der Waals surface area (Å²) in [5.41, 5.74) is 7.14. The molecule has 5 nitrogen and oxygen atoms in total. The van der Waals surface area contributed by atoms with Gasteiger partial charge in [-0.05, 0) is 56.9 Å². The Kier molecular flexibility index (Phi) is 7.13. The van der Waals surface area contributed by atoms with Gasteiger partial charge in [0.05, 0.1) is 17.1 Å². The molecule has 0 amide bonds. The number of Topliss-reactive ketones (excluding diaryl/α,β-unsaturated/α-hetero) is 1. The number of aryl methyl sites for hydroxylation is 2. The Morgan fingerprint density at radius 2 is 1.44 bits per heavy atom. The lowest BCUT2D eigenvalue weighted by Gasteiger charge is -2.20. The van der Waals surface area contributed by atoms with Crippen LogP contribution in [0.5, 0.6) is 0 Å². The molecule has 0 aliphatic rings. The van der Waals surface area contributed by atoms with Crippen LogP contribution in [0.1, 0.15) is 54.1 Å². The molecule has 2 atom stereocenters. The lowest BCUT2D eigenvalue weighted by Crippen LogP contribution is -2.31. The Bertz CT molecular complexity index is 1330. The van der Waals surface area contributed by atoms with E-state index in [1.807, 2.05) is 12.1 Å². The fourth-order valence-electron chi connectivity index (χ4n) is 4.70. The topological polar surface area (TPSA) is 71.0 Å². The molecule has 0 radical (unpaired) electrons. The van der Waals surface area contributed by atoms with E-state index in [-0.39, 0.29) is 24.3 Å². The second kappa shape index (κ2) is 10.2. The average molecular weight is 456 g/mol. The van der Waals surface area contributed by atoms with Crippen molar-refractivity contribution in [3.63, 3.8) is 0 Å². The standard InChI is InChI=1S/C29H33N3O2/c1-20-8-12-23(13-9-20)18-25(16-17-26(34)19-33)32-28-7-5-4-6-27(28)31(29(32)30)22(3)24-14-10-21(2)11-15-24/h4-15,22,25,30,33H,16-19H2,1-3H3/t22-,25+/m0/s1. The fraction of sp³-hybridized carbons (Fsp3) is 0.310. The third kappa shape index (κ3) is 4.90. The van der Waals surface area contributed by atoms with Crippen molar-refractivity contribution in [1.29, 1.82) is 5.41 Å². The predicted octanol–water partition coefficient (Wildman–Crippen LogP) is 5.27. The van der Waals surface area contributed by atoms with Crippen LogP contribution in [0.2, 0.25) is 0 Å². The number of rotatable bonds is 9. The van der Waals surface area contributed by atoms with Crippen molar-refractivity contribution in [3.05, 3.63) is 101 Å². The lowest BCUT2D eigenvalue weighted by atomic mass is 9.99. The Hall–Kier alpha value is -3.44. The van der Waals surface area contributed by atoms with Gasteiger partial charge in [0.25, 0.3) is 0 Å². The number of para-hydroxylation sites is 2. The SMILES string of the molecule is Cc1ccc(C[C@@H](CCC(=O)CO)n2c(=N)n([C@@H](C)c3ccc(C)cc3)c3ccccc32)cc1. The maximum Gasteiger partial charge on any atom is 0.203 e. The van der Waals surface area contributed by atoms with Crippen molar-refractivity contribution in [2.75, 3.05) is 6.61 Å². The van der Waals surface area contributed by atoms with E-state index in [1.165, 1.54) is 16.7 Å². The molecule has 0 unspecified atom stereocenters. The highest BCUT2D eigenvalue weighted by Crippen LogP contribution is 2.28. The maximum atomic E-state index is 12.0. The number of hydrogen-bond acceptors (Lipinski definition) is 3. The van der Waals surface area contributed by atoms with Gasteiger partial charge in [-0.1, -0.05) is 71.8 Å². The Morgan fingerprint density at radius 3 is 2.03 bits per heavy atom.